The van der Waals surface area contributed by atoms with Gasteiger partial charge < -0.3 is 10.1 Å². The number of aromatic nitrogens is 2. The molecule has 0 saturated carbocycles. The third-order valence-corrected chi connectivity index (χ3v) is 2.99. The topological polar surface area (TPSA) is 70.8 Å². The fraction of sp³-hybridized carbons (Fsp3) is 0.267. The van der Waals surface area contributed by atoms with Gasteiger partial charge in [-0.25, -0.2) is 4.98 Å². The molecule has 9 heteroatoms. The van der Waals surface area contributed by atoms with Gasteiger partial charge in [-0.05, 0) is 43.6 Å². The maximum atomic E-state index is 12.9. The molecule has 126 valence electrons. The van der Waals surface area contributed by atoms with Crippen LogP contribution in [0.3, 0.4) is 0 Å². The minimum Gasteiger partial charge on any atom is -0.489 e. The van der Waals surface area contributed by atoms with Gasteiger partial charge in [0.1, 0.15) is 17.4 Å². The molecular formula is C15H12ClF3N4O. The Labute approximate surface area is 141 Å². The Morgan fingerprint density at radius 3 is 2.62 bits per heavy atom. The van der Waals surface area contributed by atoms with Crippen LogP contribution in [0.1, 0.15) is 25.0 Å². The van der Waals surface area contributed by atoms with E-state index in [1.807, 2.05) is 6.07 Å². The molecule has 0 saturated heterocycles. The molecule has 0 radical (unpaired) electrons. The van der Waals surface area contributed by atoms with Crippen molar-refractivity contribution in [2.45, 2.75) is 26.1 Å². The van der Waals surface area contributed by atoms with Gasteiger partial charge in [0, 0.05) is 0 Å². The predicted octanol–water partition coefficient (Wildman–Crippen LogP) is 4.55. The van der Waals surface area contributed by atoms with Gasteiger partial charge in [-0.1, -0.05) is 0 Å². The van der Waals surface area contributed by atoms with Crippen molar-refractivity contribution in [1.29, 1.82) is 5.26 Å². The molecule has 0 aliphatic carbocycles. The van der Waals surface area contributed by atoms with Crippen LogP contribution in [0, 0.1) is 11.3 Å². The maximum absolute atomic E-state index is 12.9. The summed E-state index contributed by atoms with van der Waals surface area (Å²) in [5.41, 5.74) is -0.525. The monoisotopic (exact) mass is 356 g/mol. The highest BCUT2D eigenvalue weighted by atomic mass is 35.5. The number of ether oxygens (including phenoxy) is 1. The van der Waals surface area contributed by atoms with E-state index in [1.165, 1.54) is 12.3 Å². The minimum absolute atomic E-state index is 0.0153. The van der Waals surface area contributed by atoms with Gasteiger partial charge in [0.2, 0.25) is 5.28 Å². The van der Waals surface area contributed by atoms with Gasteiger partial charge in [0.05, 0.1) is 23.6 Å². The van der Waals surface area contributed by atoms with Crippen LogP contribution >= 0.6 is 11.6 Å². The Balaban J connectivity index is 2.46. The average molecular weight is 357 g/mol. The fourth-order valence-electron chi connectivity index (χ4n) is 1.82. The van der Waals surface area contributed by atoms with Gasteiger partial charge in [-0.15, -0.1) is 0 Å². The molecule has 0 fully saturated rings. The summed E-state index contributed by atoms with van der Waals surface area (Å²) in [6, 6.07) is 4.87. The summed E-state index contributed by atoms with van der Waals surface area (Å²) in [5.74, 6) is 0.0596. The van der Waals surface area contributed by atoms with Gasteiger partial charge in [-0.3, -0.25) is 0 Å². The second kappa shape index (κ2) is 6.93. The van der Waals surface area contributed by atoms with Crippen molar-refractivity contribution in [2.24, 2.45) is 0 Å². The molecule has 24 heavy (non-hydrogen) atoms. The largest absolute Gasteiger partial charge is 0.489 e. The van der Waals surface area contributed by atoms with Crippen molar-refractivity contribution in [3.8, 4) is 11.8 Å². The van der Waals surface area contributed by atoms with Crippen LogP contribution in [-0.4, -0.2) is 16.1 Å². The fourth-order valence-corrected chi connectivity index (χ4v) is 1.95. The van der Waals surface area contributed by atoms with E-state index in [4.69, 9.17) is 21.6 Å². The predicted molar refractivity (Wildman–Crippen MR) is 82.2 cm³/mol. The molecule has 1 aromatic carbocycles. The maximum Gasteiger partial charge on any atom is 0.416 e. The molecule has 1 N–H and O–H groups in total. The number of benzene rings is 1. The first-order valence-electron chi connectivity index (χ1n) is 6.78. The van der Waals surface area contributed by atoms with Gasteiger partial charge in [0.15, 0.2) is 5.82 Å². The number of anilines is 2. The lowest BCUT2D eigenvalue weighted by atomic mass is 10.1. The third kappa shape index (κ3) is 4.26. The zero-order valence-corrected chi connectivity index (χ0v) is 13.4. The number of halogens is 4. The third-order valence-electron chi connectivity index (χ3n) is 2.80. The number of hydrogen-bond donors (Lipinski definition) is 1. The van der Waals surface area contributed by atoms with Gasteiger partial charge in [0.25, 0.3) is 0 Å². The number of hydrogen-bond acceptors (Lipinski definition) is 5. The molecule has 0 amide bonds. The summed E-state index contributed by atoms with van der Waals surface area (Å²) in [6.07, 6.45) is -3.63. The summed E-state index contributed by atoms with van der Waals surface area (Å²) >= 11 is 5.70. The molecular weight excluding hydrogens is 345 g/mol. The zero-order chi connectivity index (χ0) is 17.9. The highest BCUT2D eigenvalue weighted by Crippen LogP contribution is 2.36. The Hall–Kier alpha value is -2.53. The molecule has 2 rings (SSSR count). The van der Waals surface area contributed by atoms with Crippen LogP contribution in [0.15, 0.2) is 24.4 Å². The first kappa shape index (κ1) is 17.8. The van der Waals surface area contributed by atoms with Crippen molar-refractivity contribution in [3.63, 3.8) is 0 Å². The summed E-state index contributed by atoms with van der Waals surface area (Å²) in [4.78, 5) is 7.55. The highest BCUT2D eigenvalue weighted by Gasteiger charge is 2.31. The first-order chi connectivity index (χ1) is 11.2. The van der Waals surface area contributed by atoms with Gasteiger partial charge in [-0.2, -0.15) is 23.4 Å². The molecule has 0 bridgehead atoms. The van der Waals surface area contributed by atoms with E-state index in [2.05, 4.69) is 15.3 Å². The number of nitrogens with one attached hydrogen (secondary N) is 1. The summed E-state index contributed by atoms with van der Waals surface area (Å²) < 4.78 is 44.1. The lowest BCUT2D eigenvalue weighted by Gasteiger charge is -2.17. The van der Waals surface area contributed by atoms with E-state index < -0.39 is 11.7 Å². The molecule has 0 unspecified atom stereocenters. The van der Waals surface area contributed by atoms with E-state index in [1.54, 1.807) is 13.8 Å². The van der Waals surface area contributed by atoms with Crippen LogP contribution in [0.2, 0.25) is 5.28 Å². The summed E-state index contributed by atoms with van der Waals surface area (Å²) in [6.45, 7) is 3.37. The Morgan fingerprint density at radius 2 is 2.04 bits per heavy atom. The number of nitrogens with zero attached hydrogens (tertiary/aromatic N) is 3. The van der Waals surface area contributed by atoms with Crippen LogP contribution in [0.25, 0.3) is 0 Å². The molecule has 1 heterocycles. The molecule has 0 spiro atoms. The van der Waals surface area contributed by atoms with Crippen LogP contribution in [0.5, 0.6) is 5.75 Å². The molecule has 1 aromatic heterocycles. The summed E-state index contributed by atoms with van der Waals surface area (Å²) in [7, 11) is 0. The second-order valence-corrected chi connectivity index (χ2v) is 5.35. The Bertz CT molecular complexity index is 787. The molecule has 0 atom stereocenters. The first-order valence-corrected chi connectivity index (χ1v) is 7.16. The molecule has 5 nitrogen and oxygen atoms in total. The van der Waals surface area contributed by atoms with Crippen molar-refractivity contribution < 1.29 is 17.9 Å². The zero-order valence-electron chi connectivity index (χ0n) is 12.6. The van der Waals surface area contributed by atoms with Crippen LogP contribution in [0.4, 0.5) is 24.7 Å². The quantitative estimate of drug-likeness (QED) is 0.814. The van der Waals surface area contributed by atoms with Crippen molar-refractivity contribution in [3.05, 3.63) is 40.8 Å². The lowest BCUT2D eigenvalue weighted by molar-refractivity contribution is -0.137. The highest BCUT2D eigenvalue weighted by molar-refractivity contribution is 6.28. The van der Waals surface area contributed by atoms with Crippen LogP contribution in [-0.2, 0) is 6.18 Å². The van der Waals surface area contributed by atoms with Crippen molar-refractivity contribution >= 4 is 23.1 Å². The van der Waals surface area contributed by atoms with E-state index in [0.29, 0.717) is 0 Å². The smallest absolute Gasteiger partial charge is 0.416 e. The molecule has 0 aliphatic rings. The second-order valence-electron chi connectivity index (χ2n) is 5.01. The van der Waals surface area contributed by atoms with Gasteiger partial charge >= 0.3 is 6.18 Å². The standard InChI is InChI=1S/C15H12ClF3N4O/c1-8(2)24-12-5-10(15(17,18)19)3-4-11(12)22-13-9(6-20)7-21-14(16)23-13/h3-5,7-8H,1-2H3,(H,21,22,23). The number of alkyl halides is 3. The Kier molecular flexibility index (Phi) is 5.14. The molecule has 0 aliphatic heterocycles. The van der Waals surface area contributed by atoms with Crippen LogP contribution < -0.4 is 10.1 Å². The van der Waals surface area contributed by atoms with E-state index in [-0.39, 0.29) is 34.2 Å². The molecule has 2 aromatic rings. The lowest BCUT2D eigenvalue weighted by Crippen LogP contribution is -2.11. The van der Waals surface area contributed by atoms with E-state index in [9.17, 15) is 13.2 Å². The Morgan fingerprint density at radius 1 is 1.33 bits per heavy atom. The van der Waals surface area contributed by atoms with E-state index >= 15 is 0 Å². The van der Waals surface area contributed by atoms with Crippen molar-refractivity contribution in [2.75, 3.05) is 5.32 Å². The van der Waals surface area contributed by atoms with Crippen molar-refractivity contribution in [1.82, 2.24) is 9.97 Å². The van der Waals surface area contributed by atoms with E-state index in [0.717, 1.165) is 12.1 Å². The average Bonchev–Trinajstić information content (AvgIpc) is 2.47. The SMILES string of the molecule is CC(C)Oc1cc(C(F)(F)F)ccc1Nc1nc(Cl)ncc1C#N. The number of rotatable bonds is 4. The number of nitriles is 1. The minimum atomic E-state index is -4.50. The summed E-state index contributed by atoms with van der Waals surface area (Å²) in [5, 5.41) is 11.7. The normalized spacial score (nSPS) is 11.2.